The number of likely N-dealkylation sites (tertiary alicyclic amines) is 2. The van der Waals surface area contributed by atoms with Crippen molar-refractivity contribution in [3.63, 3.8) is 0 Å². The molecule has 0 radical (unpaired) electrons. The van der Waals surface area contributed by atoms with E-state index in [1.54, 1.807) is 33.3 Å². The SMILES string of the molecule is CSc1ccc(C(=O)[C@@H]2CN(C(=O)OC3CCCC3)C[C@H]2CCc2cc(C)c(OC(C)(C)C(=O)O)c(C)c2)cc1.CSc1ccc(C(=O)[C@H]2CN(C(=O)OC3CCCC3)C[C@@H]2CCc2cc(C)c(OC(C)(C)C(=O)O)c(C)c2)cc1. The summed E-state index contributed by atoms with van der Waals surface area (Å²) in [4.78, 5) is 82.2. The molecule has 4 fully saturated rings. The van der Waals surface area contributed by atoms with Crippen molar-refractivity contribution in [2.45, 2.75) is 166 Å². The number of hydrogen-bond acceptors (Lipinski definition) is 12. The van der Waals surface area contributed by atoms with E-state index in [0.717, 1.165) is 120 Å². The van der Waals surface area contributed by atoms with Crippen LogP contribution in [0, 0.1) is 51.4 Å². The van der Waals surface area contributed by atoms with E-state index in [2.05, 4.69) is 0 Å². The quantitative estimate of drug-likeness (QED) is 0.0629. The number of carbonyl (C=O) groups excluding carboxylic acids is 4. The van der Waals surface area contributed by atoms with E-state index in [0.29, 0.717) is 48.8 Å². The van der Waals surface area contributed by atoms with Crippen LogP contribution in [0.1, 0.15) is 146 Å². The van der Waals surface area contributed by atoms with E-state index in [1.807, 2.05) is 113 Å². The number of hydrogen-bond donors (Lipinski definition) is 2. The zero-order valence-corrected chi connectivity index (χ0v) is 50.0. The maximum absolute atomic E-state index is 13.7. The highest BCUT2D eigenvalue weighted by Gasteiger charge is 2.43. The van der Waals surface area contributed by atoms with Crippen LogP contribution in [0.15, 0.2) is 82.6 Å². The highest BCUT2D eigenvalue weighted by molar-refractivity contribution is 7.98. The lowest BCUT2D eigenvalue weighted by atomic mass is 9.84. The van der Waals surface area contributed by atoms with Crippen LogP contribution in [0.2, 0.25) is 0 Å². The molecule has 4 aromatic rings. The number of nitrogens with zero attached hydrogens (tertiary/aromatic N) is 2. The lowest BCUT2D eigenvalue weighted by Gasteiger charge is -2.25. The maximum Gasteiger partial charge on any atom is 0.410 e. The second kappa shape index (κ2) is 27.2. The maximum atomic E-state index is 13.7. The summed E-state index contributed by atoms with van der Waals surface area (Å²) < 4.78 is 23.3. The smallest absolute Gasteiger partial charge is 0.410 e. The molecule has 8 rings (SSSR count). The molecule has 4 aromatic carbocycles. The Morgan fingerprint density at radius 1 is 0.512 bits per heavy atom. The fourth-order valence-electron chi connectivity index (χ4n) is 11.6. The van der Waals surface area contributed by atoms with Gasteiger partial charge in [0, 0.05) is 58.9 Å². The summed E-state index contributed by atoms with van der Waals surface area (Å²) in [7, 11) is 0. The molecule has 16 heteroatoms. The molecule has 2 amide bonds. The van der Waals surface area contributed by atoms with E-state index in [4.69, 9.17) is 18.9 Å². The van der Waals surface area contributed by atoms with E-state index < -0.39 is 23.1 Å². The molecule has 0 unspecified atom stereocenters. The molecule has 2 saturated carbocycles. The Hall–Kier alpha value is -6.00. The Labute approximate surface area is 481 Å². The minimum Gasteiger partial charge on any atom is -0.478 e. The van der Waals surface area contributed by atoms with Crippen molar-refractivity contribution < 1.29 is 57.9 Å². The third kappa shape index (κ3) is 15.7. The average molecular weight is 1140 g/mol. The van der Waals surface area contributed by atoms with Crippen molar-refractivity contribution in [3.8, 4) is 11.5 Å². The van der Waals surface area contributed by atoms with Crippen molar-refractivity contribution in [2.24, 2.45) is 23.7 Å². The second-order valence-electron chi connectivity index (χ2n) is 23.3. The number of carboxylic acids is 2. The number of Topliss-reactive ketones (excluding diaryl/α,β-unsaturated/α-hetero) is 2. The summed E-state index contributed by atoms with van der Waals surface area (Å²) in [6, 6.07) is 23.5. The van der Waals surface area contributed by atoms with Crippen LogP contribution in [0.4, 0.5) is 9.59 Å². The monoisotopic (exact) mass is 1130 g/mol. The molecule has 14 nitrogen and oxygen atoms in total. The first-order valence-corrected chi connectivity index (χ1v) is 30.7. The van der Waals surface area contributed by atoms with Crippen molar-refractivity contribution >= 4 is 59.2 Å². The normalized spacial score (nSPS) is 19.6. The van der Waals surface area contributed by atoms with Crippen molar-refractivity contribution in [1.29, 1.82) is 0 Å². The van der Waals surface area contributed by atoms with Gasteiger partial charge in [-0.25, -0.2) is 19.2 Å². The van der Waals surface area contributed by atoms with Crippen LogP contribution in [0.5, 0.6) is 11.5 Å². The number of rotatable bonds is 20. The Balaban J connectivity index is 0.000000231. The van der Waals surface area contributed by atoms with Gasteiger partial charge in [-0.2, -0.15) is 0 Å². The average Bonchev–Trinajstić information content (AvgIpc) is 4.29. The molecular weight excluding hydrogens is 1050 g/mol. The zero-order chi connectivity index (χ0) is 58.1. The lowest BCUT2D eigenvalue weighted by molar-refractivity contribution is -0.152. The molecule has 2 aliphatic carbocycles. The number of aryl methyl sites for hydroxylation is 6. The molecule has 2 heterocycles. The highest BCUT2D eigenvalue weighted by Crippen LogP contribution is 2.37. The van der Waals surface area contributed by atoms with Gasteiger partial charge in [0.25, 0.3) is 0 Å². The van der Waals surface area contributed by atoms with Crippen molar-refractivity contribution in [2.75, 3.05) is 38.7 Å². The van der Waals surface area contributed by atoms with E-state index in [9.17, 15) is 39.0 Å². The number of carboxylic acid groups (broad SMARTS) is 2. The molecule has 2 N–H and O–H groups in total. The third-order valence-corrected chi connectivity index (χ3v) is 17.8. The van der Waals surface area contributed by atoms with Gasteiger partial charge >= 0.3 is 24.1 Å². The van der Waals surface area contributed by atoms with E-state index in [1.165, 1.54) is 27.7 Å². The zero-order valence-electron chi connectivity index (χ0n) is 48.4. The summed E-state index contributed by atoms with van der Waals surface area (Å²) in [6.07, 6.45) is 14.3. The number of ketones is 2. The molecule has 0 bridgehead atoms. The molecule has 2 saturated heterocycles. The highest BCUT2D eigenvalue weighted by atomic mass is 32.2. The minimum atomic E-state index is -1.33. The number of carbonyl (C=O) groups is 6. The lowest BCUT2D eigenvalue weighted by Crippen LogP contribution is -2.38. The molecule has 0 spiro atoms. The minimum absolute atomic E-state index is 0.00587. The molecule has 4 atom stereocenters. The van der Waals surface area contributed by atoms with Gasteiger partial charge in [-0.05, 0) is 214 Å². The van der Waals surface area contributed by atoms with E-state index in [-0.39, 0.29) is 59.6 Å². The third-order valence-electron chi connectivity index (χ3n) is 16.4. The Bertz CT molecular complexity index is 2620. The summed E-state index contributed by atoms with van der Waals surface area (Å²) in [5, 5.41) is 18.9. The van der Waals surface area contributed by atoms with Crippen LogP contribution in [-0.4, -0.2) is 118 Å². The second-order valence-corrected chi connectivity index (χ2v) is 25.1. The number of amides is 2. The van der Waals surface area contributed by atoms with Crippen LogP contribution in [0.3, 0.4) is 0 Å². The van der Waals surface area contributed by atoms with Gasteiger partial charge in [0.15, 0.2) is 22.8 Å². The van der Waals surface area contributed by atoms with Crippen LogP contribution in [-0.2, 0) is 31.9 Å². The number of benzene rings is 4. The standard InChI is InChI=1S/2C32H41NO6S/c2*1-20-16-22(17-21(2)29(20)39-32(3,4)30(35)36)10-11-24-18-33(31(37)38-25-8-6-7-9-25)19-27(24)28(34)23-12-14-26(40-5)15-13-23/h2*12-17,24-25,27H,6-11,18-19H2,1-5H3,(H,35,36)/t2*24-,27-/m10/s1. The molecule has 4 aliphatic rings. The van der Waals surface area contributed by atoms with E-state index >= 15 is 0 Å². The Morgan fingerprint density at radius 3 is 1.11 bits per heavy atom. The molecule has 80 heavy (non-hydrogen) atoms. The van der Waals surface area contributed by atoms with Gasteiger partial charge in [0.2, 0.25) is 0 Å². The fraction of sp³-hybridized carbons (Fsp3) is 0.531. The largest absolute Gasteiger partial charge is 0.478 e. The first kappa shape index (κ1) is 61.6. The number of ether oxygens (including phenoxy) is 4. The van der Waals surface area contributed by atoms with Gasteiger partial charge in [-0.15, -0.1) is 23.5 Å². The van der Waals surface area contributed by atoms with Gasteiger partial charge < -0.3 is 39.0 Å². The van der Waals surface area contributed by atoms with Crippen LogP contribution in [0.25, 0.3) is 0 Å². The molecule has 432 valence electrons. The Morgan fingerprint density at radius 2 is 0.825 bits per heavy atom. The van der Waals surface area contributed by atoms with Gasteiger partial charge in [-0.1, -0.05) is 48.5 Å². The van der Waals surface area contributed by atoms with Crippen molar-refractivity contribution in [1.82, 2.24) is 9.80 Å². The summed E-state index contributed by atoms with van der Waals surface area (Å²) in [5.41, 5.74) is 4.37. The summed E-state index contributed by atoms with van der Waals surface area (Å²) >= 11 is 3.27. The topological polar surface area (TPSA) is 186 Å². The fourth-order valence-corrected chi connectivity index (χ4v) is 12.4. The van der Waals surface area contributed by atoms with Crippen LogP contribution >= 0.6 is 23.5 Å². The first-order valence-electron chi connectivity index (χ1n) is 28.3. The number of thioether (sulfide) groups is 2. The molecule has 2 aliphatic heterocycles. The summed E-state index contributed by atoms with van der Waals surface area (Å²) in [6.45, 7) is 15.6. The summed E-state index contributed by atoms with van der Waals surface area (Å²) in [5.74, 6) is -1.31. The molecular formula is C64H82N2O12S2. The van der Waals surface area contributed by atoms with Gasteiger partial charge in [-0.3, -0.25) is 9.59 Å². The number of aliphatic carboxylic acids is 2. The van der Waals surface area contributed by atoms with Crippen LogP contribution < -0.4 is 9.47 Å². The molecule has 0 aromatic heterocycles. The van der Waals surface area contributed by atoms with Gasteiger partial charge in [0.05, 0.1) is 0 Å². The van der Waals surface area contributed by atoms with Crippen molar-refractivity contribution in [3.05, 3.63) is 117 Å². The predicted octanol–water partition coefficient (Wildman–Crippen LogP) is 13.4. The Kier molecular flexibility index (Phi) is 20.9. The first-order chi connectivity index (χ1) is 38.0. The predicted molar refractivity (Wildman–Crippen MR) is 313 cm³/mol. The van der Waals surface area contributed by atoms with Gasteiger partial charge in [0.1, 0.15) is 23.7 Å².